The summed E-state index contributed by atoms with van der Waals surface area (Å²) >= 11 is 0. The molecule has 1 saturated heterocycles. The third-order valence-corrected chi connectivity index (χ3v) is 1.83. The van der Waals surface area contributed by atoms with Crippen LogP contribution in [0, 0.1) is 0 Å². The molecule has 1 rings (SSSR count). The molecule has 0 unspecified atom stereocenters. The van der Waals surface area contributed by atoms with Gasteiger partial charge in [0.1, 0.15) is 12.2 Å². The zero-order valence-electron chi connectivity index (χ0n) is 6.30. The average Bonchev–Trinajstić information content (AvgIpc) is 1.96. The maximum atomic E-state index is 10.3. The topological polar surface area (TPSA) is 66.8 Å². The predicted octanol–water partition coefficient (Wildman–Crippen LogP) is -0.916. The SMILES string of the molecule is C[C@H]1C[C@@H](O)[C@H](O)[C@@H](C=O)O1. The predicted molar refractivity (Wildman–Crippen MR) is 37.0 cm³/mol. The average molecular weight is 160 g/mol. The standard InChI is InChI=1S/C7H12O4/c1-4-2-5(9)7(10)6(3-8)11-4/h3-7,9-10H,2H2,1H3/t4-,5+,6+,7-/m0/s1. The van der Waals surface area contributed by atoms with Gasteiger partial charge in [-0.25, -0.2) is 0 Å². The Balaban J connectivity index is 2.58. The zero-order valence-corrected chi connectivity index (χ0v) is 6.30. The van der Waals surface area contributed by atoms with Gasteiger partial charge in [-0.05, 0) is 6.92 Å². The van der Waals surface area contributed by atoms with Crippen LogP contribution in [0.4, 0.5) is 0 Å². The first-order valence-electron chi connectivity index (χ1n) is 3.62. The van der Waals surface area contributed by atoms with Gasteiger partial charge in [0.25, 0.3) is 0 Å². The number of hydrogen-bond donors (Lipinski definition) is 2. The van der Waals surface area contributed by atoms with Crippen molar-refractivity contribution in [2.24, 2.45) is 0 Å². The van der Waals surface area contributed by atoms with E-state index in [1.807, 2.05) is 0 Å². The molecule has 2 N–H and O–H groups in total. The highest BCUT2D eigenvalue weighted by atomic mass is 16.5. The highest BCUT2D eigenvalue weighted by Crippen LogP contribution is 2.18. The second kappa shape index (κ2) is 3.30. The molecule has 0 aromatic rings. The monoisotopic (exact) mass is 160 g/mol. The van der Waals surface area contributed by atoms with Gasteiger partial charge in [0, 0.05) is 6.42 Å². The molecule has 0 bridgehead atoms. The summed E-state index contributed by atoms with van der Waals surface area (Å²) in [7, 11) is 0. The Morgan fingerprint density at radius 2 is 2.18 bits per heavy atom. The molecule has 64 valence electrons. The molecule has 4 atom stereocenters. The summed E-state index contributed by atoms with van der Waals surface area (Å²) in [6, 6.07) is 0. The second-order valence-corrected chi connectivity index (χ2v) is 2.84. The fourth-order valence-corrected chi connectivity index (χ4v) is 1.22. The third-order valence-electron chi connectivity index (χ3n) is 1.83. The Hall–Kier alpha value is -0.450. The van der Waals surface area contributed by atoms with E-state index in [0.29, 0.717) is 12.7 Å². The molecule has 0 aromatic carbocycles. The minimum absolute atomic E-state index is 0.163. The molecule has 1 aliphatic rings. The van der Waals surface area contributed by atoms with Crippen LogP contribution in [0.2, 0.25) is 0 Å². The smallest absolute Gasteiger partial charge is 0.151 e. The van der Waals surface area contributed by atoms with Crippen LogP contribution in [0.15, 0.2) is 0 Å². The van der Waals surface area contributed by atoms with Gasteiger partial charge >= 0.3 is 0 Å². The lowest BCUT2D eigenvalue weighted by molar-refractivity contribution is -0.167. The quantitative estimate of drug-likeness (QED) is 0.487. The number of hydrogen-bond acceptors (Lipinski definition) is 4. The summed E-state index contributed by atoms with van der Waals surface area (Å²) in [6.07, 6.45) is -2.04. The fourth-order valence-electron chi connectivity index (χ4n) is 1.22. The summed E-state index contributed by atoms with van der Waals surface area (Å²) in [5, 5.41) is 18.3. The van der Waals surface area contributed by atoms with Crippen molar-refractivity contribution in [2.75, 3.05) is 0 Å². The van der Waals surface area contributed by atoms with E-state index in [0.717, 1.165) is 0 Å². The van der Waals surface area contributed by atoms with Crippen molar-refractivity contribution in [1.29, 1.82) is 0 Å². The van der Waals surface area contributed by atoms with Crippen molar-refractivity contribution in [1.82, 2.24) is 0 Å². The number of aliphatic hydroxyl groups excluding tert-OH is 2. The lowest BCUT2D eigenvalue weighted by atomic mass is 9.99. The first-order chi connectivity index (χ1) is 5.15. The number of ether oxygens (including phenoxy) is 1. The van der Waals surface area contributed by atoms with Crippen molar-refractivity contribution < 1.29 is 19.7 Å². The highest BCUT2D eigenvalue weighted by molar-refractivity contribution is 5.57. The van der Waals surface area contributed by atoms with Gasteiger partial charge in [-0.15, -0.1) is 0 Å². The minimum atomic E-state index is -1.07. The Morgan fingerprint density at radius 1 is 1.55 bits per heavy atom. The number of aliphatic hydroxyl groups is 2. The van der Waals surface area contributed by atoms with Crippen molar-refractivity contribution >= 4 is 6.29 Å². The van der Waals surface area contributed by atoms with Gasteiger partial charge in [-0.1, -0.05) is 0 Å². The molecular formula is C7H12O4. The Labute approximate surface area is 64.8 Å². The van der Waals surface area contributed by atoms with Crippen LogP contribution < -0.4 is 0 Å². The molecule has 1 aliphatic heterocycles. The maximum absolute atomic E-state index is 10.3. The van der Waals surface area contributed by atoms with Gasteiger partial charge < -0.3 is 19.7 Å². The molecule has 4 nitrogen and oxygen atoms in total. The molecule has 11 heavy (non-hydrogen) atoms. The number of rotatable bonds is 1. The van der Waals surface area contributed by atoms with Crippen molar-refractivity contribution in [3.8, 4) is 0 Å². The van der Waals surface area contributed by atoms with Crippen LogP contribution in [-0.4, -0.2) is 40.9 Å². The molecule has 1 heterocycles. The van der Waals surface area contributed by atoms with E-state index in [1.165, 1.54) is 0 Å². The normalized spacial score (nSPS) is 45.4. The van der Waals surface area contributed by atoms with Crippen LogP contribution in [0.25, 0.3) is 0 Å². The van der Waals surface area contributed by atoms with Gasteiger partial charge in [-0.3, -0.25) is 0 Å². The van der Waals surface area contributed by atoms with Crippen LogP contribution in [0.5, 0.6) is 0 Å². The van der Waals surface area contributed by atoms with E-state index < -0.39 is 18.3 Å². The number of carbonyl (C=O) groups excluding carboxylic acids is 1. The van der Waals surface area contributed by atoms with Gasteiger partial charge in [-0.2, -0.15) is 0 Å². The first-order valence-corrected chi connectivity index (χ1v) is 3.62. The zero-order chi connectivity index (χ0) is 8.43. The van der Waals surface area contributed by atoms with E-state index >= 15 is 0 Å². The summed E-state index contributed by atoms with van der Waals surface area (Å²) in [5.74, 6) is 0. The van der Waals surface area contributed by atoms with Crippen molar-refractivity contribution in [3.05, 3.63) is 0 Å². The lowest BCUT2D eigenvalue weighted by Gasteiger charge is -2.32. The van der Waals surface area contributed by atoms with Crippen molar-refractivity contribution in [3.63, 3.8) is 0 Å². The molecule has 0 aromatic heterocycles. The highest BCUT2D eigenvalue weighted by Gasteiger charge is 2.34. The molecule has 0 radical (unpaired) electrons. The number of carbonyl (C=O) groups is 1. The second-order valence-electron chi connectivity index (χ2n) is 2.84. The molecular weight excluding hydrogens is 148 g/mol. The largest absolute Gasteiger partial charge is 0.390 e. The molecule has 0 saturated carbocycles. The molecule has 0 amide bonds. The molecule has 1 fully saturated rings. The van der Waals surface area contributed by atoms with E-state index in [4.69, 9.17) is 14.9 Å². The van der Waals surface area contributed by atoms with Crippen LogP contribution >= 0.6 is 0 Å². The van der Waals surface area contributed by atoms with Crippen LogP contribution in [0.3, 0.4) is 0 Å². The molecule has 0 spiro atoms. The van der Waals surface area contributed by atoms with Gasteiger partial charge in [0.05, 0.1) is 12.2 Å². The summed E-state index contributed by atoms with van der Waals surface area (Å²) in [5.41, 5.74) is 0. The van der Waals surface area contributed by atoms with E-state index in [-0.39, 0.29) is 6.10 Å². The number of aldehydes is 1. The Morgan fingerprint density at radius 3 is 2.73 bits per heavy atom. The first kappa shape index (κ1) is 8.64. The maximum Gasteiger partial charge on any atom is 0.151 e. The third kappa shape index (κ3) is 1.77. The van der Waals surface area contributed by atoms with Crippen molar-refractivity contribution in [2.45, 2.75) is 37.8 Å². The van der Waals surface area contributed by atoms with E-state index in [9.17, 15) is 4.79 Å². The summed E-state index contributed by atoms with van der Waals surface area (Å²) in [6.45, 7) is 1.76. The van der Waals surface area contributed by atoms with E-state index in [1.54, 1.807) is 6.92 Å². The Kier molecular flexibility index (Phi) is 2.59. The molecule has 4 heteroatoms. The summed E-state index contributed by atoms with van der Waals surface area (Å²) in [4.78, 5) is 10.3. The molecule has 0 aliphatic carbocycles. The fraction of sp³-hybridized carbons (Fsp3) is 0.857. The Bertz CT molecular complexity index is 147. The van der Waals surface area contributed by atoms with Crippen LogP contribution in [-0.2, 0) is 9.53 Å². The van der Waals surface area contributed by atoms with Crippen LogP contribution in [0.1, 0.15) is 13.3 Å². The van der Waals surface area contributed by atoms with E-state index in [2.05, 4.69) is 0 Å². The van der Waals surface area contributed by atoms with Gasteiger partial charge in [0.15, 0.2) is 6.29 Å². The summed E-state index contributed by atoms with van der Waals surface area (Å²) < 4.78 is 5.04. The van der Waals surface area contributed by atoms with Gasteiger partial charge in [0.2, 0.25) is 0 Å². The minimum Gasteiger partial charge on any atom is -0.390 e. The lowest BCUT2D eigenvalue weighted by Crippen LogP contribution is -2.48.